The number of imidazole rings is 1. The van der Waals surface area contributed by atoms with Crippen molar-refractivity contribution >= 4 is 36.3 Å². The van der Waals surface area contributed by atoms with Gasteiger partial charge in [0.1, 0.15) is 29.9 Å². The molecule has 196 valence electrons. The monoisotopic (exact) mass is 522 g/mol. The number of aliphatic carboxylic acids is 1. The van der Waals surface area contributed by atoms with Crippen molar-refractivity contribution in [3.63, 3.8) is 0 Å². The number of aliphatic hydroxyl groups excluding tert-OH is 1. The van der Waals surface area contributed by atoms with Gasteiger partial charge in [-0.3, -0.25) is 14.4 Å². The van der Waals surface area contributed by atoms with Crippen molar-refractivity contribution in [1.82, 2.24) is 25.9 Å². The molecule has 0 aliphatic rings. The van der Waals surface area contributed by atoms with E-state index in [2.05, 4.69) is 38.5 Å². The van der Waals surface area contributed by atoms with Gasteiger partial charge in [-0.2, -0.15) is 12.6 Å². The van der Waals surface area contributed by atoms with Gasteiger partial charge in [0.15, 0.2) is 0 Å². The summed E-state index contributed by atoms with van der Waals surface area (Å²) in [5, 5.41) is 35.8. The Morgan fingerprint density at radius 3 is 2.06 bits per heavy atom. The molecule has 14 heteroatoms. The van der Waals surface area contributed by atoms with Crippen LogP contribution >= 0.6 is 12.6 Å². The fourth-order valence-corrected chi connectivity index (χ4v) is 3.37. The number of hydrogen-bond donors (Lipinski definition) is 9. The molecule has 13 nitrogen and oxygen atoms in total. The summed E-state index contributed by atoms with van der Waals surface area (Å²) in [5.74, 6) is -3.80. The summed E-state index contributed by atoms with van der Waals surface area (Å²) in [6, 6.07) is 0.866. The van der Waals surface area contributed by atoms with Gasteiger partial charge in [-0.25, -0.2) is 9.78 Å². The number of carbonyl (C=O) groups excluding carboxylic acids is 3. The summed E-state index contributed by atoms with van der Waals surface area (Å²) in [7, 11) is 0. The van der Waals surface area contributed by atoms with Crippen LogP contribution in [0, 0.1) is 0 Å². The number of nitrogens with zero attached hydrogens (tertiary/aromatic N) is 1. The summed E-state index contributed by atoms with van der Waals surface area (Å²) in [5.41, 5.74) is 6.76. The van der Waals surface area contributed by atoms with Gasteiger partial charge in [0.25, 0.3) is 0 Å². The molecule has 0 aliphatic heterocycles. The van der Waals surface area contributed by atoms with E-state index < -0.39 is 54.0 Å². The van der Waals surface area contributed by atoms with Gasteiger partial charge in [-0.05, 0) is 24.6 Å². The van der Waals surface area contributed by atoms with E-state index in [4.69, 9.17) is 5.73 Å². The lowest BCUT2D eigenvalue weighted by Gasteiger charge is -2.25. The lowest BCUT2D eigenvalue weighted by atomic mass is 10.0. The number of benzene rings is 1. The molecule has 36 heavy (non-hydrogen) atoms. The average molecular weight is 523 g/mol. The number of phenols is 1. The number of thiol groups is 1. The Hall–Kier alpha value is -3.62. The molecule has 1 heterocycles. The molecule has 0 saturated carbocycles. The highest BCUT2D eigenvalue weighted by Gasteiger charge is 2.31. The highest BCUT2D eigenvalue weighted by Crippen LogP contribution is 2.12. The minimum Gasteiger partial charge on any atom is -0.508 e. The molecule has 9 N–H and O–H groups in total. The molecule has 2 rings (SSSR count). The van der Waals surface area contributed by atoms with Crippen LogP contribution in [0.3, 0.4) is 0 Å². The number of carboxylic acids is 1. The number of aliphatic hydroxyl groups is 1. The van der Waals surface area contributed by atoms with E-state index in [1.807, 2.05) is 0 Å². The number of aromatic hydroxyl groups is 1. The first kappa shape index (κ1) is 28.6. The Morgan fingerprint density at radius 2 is 1.56 bits per heavy atom. The molecule has 5 unspecified atom stereocenters. The van der Waals surface area contributed by atoms with Crippen LogP contribution in [-0.2, 0) is 32.0 Å². The summed E-state index contributed by atoms with van der Waals surface area (Å²) in [6.45, 7) is 1.32. The molecule has 0 saturated heterocycles. The third-order valence-corrected chi connectivity index (χ3v) is 5.61. The molecule has 0 radical (unpaired) electrons. The highest BCUT2D eigenvalue weighted by atomic mass is 32.1. The van der Waals surface area contributed by atoms with Crippen molar-refractivity contribution in [2.45, 2.75) is 50.0 Å². The Kier molecular flexibility index (Phi) is 10.7. The summed E-state index contributed by atoms with van der Waals surface area (Å²) in [4.78, 5) is 56.7. The van der Waals surface area contributed by atoms with Crippen molar-refractivity contribution in [1.29, 1.82) is 0 Å². The van der Waals surface area contributed by atoms with Gasteiger partial charge in [-0.15, -0.1) is 0 Å². The van der Waals surface area contributed by atoms with Crippen LogP contribution in [0.1, 0.15) is 18.2 Å². The standard InChI is InChI=1S/C22H30N6O7S/c1-11(29)18(23)21(33)27-15(6-12-2-4-14(30)5-3-12)19(31)26-16(7-13-8-24-10-25-13)20(32)28-17(9-36)22(34)35/h2-5,8,10-11,15-18,29-30,36H,6-7,9,23H2,1H3,(H,24,25)(H,26,31)(H,27,33)(H,28,32)(H,34,35). The Balaban J connectivity index is 2.27. The number of rotatable bonds is 13. The van der Waals surface area contributed by atoms with Crippen molar-refractivity contribution in [3.8, 4) is 5.75 Å². The quantitative estimate of drug-likeness (QED) is 0.134. The third kappa shape index (κ3) is 8.55. The number of H-pyrrole nitrogens is 1. The third-order valence-electron chi connectivity index (χ3n) is 5.24. The molecule has 5 atom stereocenters. The van der Waals surface area contributed by atoms with E-state index in [0.717, 1.165) is 0 Å². The van der Waals surface area contributed by atoms with E-state index in [0.29, 0.717) is 11.3 Å². The molecule has 0 aliphatic carbocycles. The largest absolute Gasteiger partial charge is 0.508 e. The zero-order valence-corrected chi connectivity index (χ0v) is 20.3. The van der Waals surface area contributed by atoms with E-state index in [1.54, 1.807) is 12.1 Å². The zero-order chi connectivity index (χ0) is 26.8. The SMILES string of the molecule is CC(O)C(N)C(=O)NC(Cc1ccc(O)cc1)C(=O)NC(Cc1cnc[nH]1)C(=O)NC(CS)C(=O)O. The lowest BCUT2D eigenvalue weighted by molar-refractivity contribution is -0.141. The van der Waals surface area contributed by atoms with Crippen LogP contribution in [0.2, 0.25) is 0 Å². The molecule has 3 amide bonds. The molecule has 0 spiro atoms. The summed E-state index contributed by atoms with van der Waals surface area (Å²) >= 11 is 3.93. The molecular formula is C22H30N6O7S. The first-order valence-electron chi connectivity index (χ1n) is 10.9. The smallest absolute Gasteiger partial charge is 0.327 e. The second-order valence-corrected chi connectivity index (χ2v) is 8.49. The fourth-order valence-electron chi connectivity index (χ4n) is 3.12. The Morgan fingerprint density at radius 1 is 1.00 bits per heavy atom. The predicted molar refractivity (Wildman–Crippen MR) is 131 cm³/mol. The summed E-state index contributed by atoms with van der Waals surface area (Å²) < 4.78 is 0. The second-order valence-electron chi connectivity index (χ2n) is 8.12. The number of nitrogens with one attached hydrogen (secondary N) is 4. The van der Waals surface area contributed by atoms with E-state index >= 15 is 0 Å². The number of aromatic nitrogens is 2. The van der Waals surface area contributed by atoms with Crippen molar-refractivity contribution in [2.75, 3.05) is 5.75 Å². The Bertz CT molecular complexity index is 1030. The highest BCUT2D eigenvalue weighted by molar-refractivity contribution is 7.80. The first-order chi connectivity index (χ1) is 17.0. The fraction of sp³-hybridized carbons (Fsp3) is 0.409. The van der Waals surface area contributed by atoms with Crippen LogP contribution < -0.4 is 21.7 Å². The first-order valence-corrected chi connectivity index (χ1v) is 11.6. The van der Waals surface area contributed by atoms with Gasteiger partial charge in [0.2, 0.25) is 17.7 Å². The maximum atomic E-state index is 13.3. The topological polar surface area (TPSA) is 220 Å². The summed E-state index contributed by atoms with van der Waals surface area (Å²) in [6.07, 6.45) is 1.55. The van der Waals surface area contributed by atoms with Gasteiger partial charge in [0, 0.05) is 30.5 Å². The van der Waals surface area contributed by atoms with Crippen molar-refractivity contribution < 1.29 is 34.5 Å². The average Bonchev–Trinajstić information content (AvgIpc) is 3.35. The van der Waals surface area contributed by atoms with E-state index in [-0.39, 0.29) is 24.3 Å². The van der Waals surface area contributed by atoms with Crippen LogP contribution in [0.4, 0.5) is 0 Å². The van der Waals surface area contributed by atoms with E-state index in [9.17, 15) is 34.5 Å². The van der Waals surface area contributed by atoms with Crippen LogP contribution in [0.5, 0.6) is 5.75 Å². The van der Waals surface area contributed by atoms with Crippen molar-refractivity contribution in [2.24, 2.45) is 5.73 Å². The van der Waals surface area contributed by atoms with Gasteiger partial charge in [0.05, 0.1) is 12.4 Å². The molecule has 0 bridgehead atoms. The maximum Gasteiger partial charge on any atom is 0.327 e. The minimum atomic E-state index is -1.31. The lowest BCUT2D eigenvalue weighted by Crippen LogP contribution is -2.59. The van der Waals surface area contributed by atoms with Crippen LogP contribution in [0.25, 0.3) is 0 Å². The number of amides is 3. The number of carboxylic acid groups (broad SMARTS) is 1. The number of carbonyl (C=O) groups is 4. The Labute approximate surface area is 212 Å². The number of aromatic amines is 1. The second kappa shape index (κ2) is 13.5. The van der Waals surface area contributed by atoms with Crippen LogP contribution in [-0.4, -0.2) is 85.0 Å². The number of phenolic OH excluding ortho intramolecular Hbond substituents is 1. The van der Waals surface area contributed by atoms with E-state index in [1.165, 1.54) is 31.6 Å². The predicted octanol–water partition coefficient (Wildman–Crippen LogP) is -1.92. The zero-order valence-electron chi connectivity index (χ0n) is 19.4. The normalized spacial score (nSPS) is 15.1. The van der Waals surface area contributed by atoms with Crippen LogP contribution in [0.15, 0.2) is 36.8 Å². The number of nitrogens with two attached hydrogens (primary N) is 1. The van der Waals surface area contributed by atoms with Gasteiger partial charge in [-0.1, -0.05) is 12.1 Å². The van der Waals surface area contributed by atoms with Gasteiger partial charge >= 0.3 is 5.97 Å². The molecule has 2 aromatic rings. The molecular weight excluding hydrogens is 492 g/mol. The molecule has 1 aromatic heterocycles. The van der Waals surface area contributed by atoms with Crippen molar-refractivity contribution in [3.05, 3.63) is 48.0 Å². The minimum absolute atomic E-state index is 0.00776. The molecule has 0 fully saturated rings. The van der Waals surface area contributed by atoms with Gasteiger partial charge < -0.3 is 42.0 Å². The molecule has 1 aromatic carbocycles. The maximum absolute atomic E-state index is 13.3. The number of hydrogen-bond acceptors (Lipinski definition) is 9.